The molecule has 136 valence electrons. The number of aromatic nitrogens is 5. The van der Waals surface area contributed by atoms with Gasteiger partial charge >= 0.3 is 0 Å². The fraction of sp³-hybridized carbons (Fsp3) is 0.263. The predicted molar refractivity (Wildman–Crippen MR) is 98.0 cm³/mol. The third-order valence-corrected chi connectivity index (χ3v) is 4.60. The third-order valence-electron chi connectivity index (χ3n) is 4.60. The molecule has 8 heteroatoms. The van der Waals surface area contributed by atoms with E-state index in [0.29, 0.717) is 35.9 Å². The van der Waals surface area contributed by atoms with Crippen LogP contribution in [0.4, 0.5) is 0 Å². The summed E-state index contributed by atoms with van der Waals surface area (Å²) in [5.41, 5.74) is 1.51. The van der Waals surface area contributed by atoms with Crippen LogP contribution in [0.3, 0.4) is 0 Å². The van der Waals surface area contributed by atoms with Crippen molar-refractivity contribution in [3.63, 3.8) is 0 Å². The number of hydrogen-bond donors (Lipinski definition) is 1. The minimum Gasteiger partial charge on any atom is -0.338 e. The molecule has 3 aromatic rings. The lowest BCUT2D eigenvalue weighted by Gasteiger charge is -2.32. The first-order chi connectivity index (χ1) is 13.2. The first kappa shape index (κ1) is 17.0. The minimum absolute atomic E-state index is 0.00269. The summed E-state index contributed by atoms with van der Waals surface area (Å²) < 4.78 is 0. The number of aromatic amines is 1. The fourth-order valence-electron chi connectivity index (χ4n) is 3.30. The molecule has 3 aromatic heterocycles. The highest BCUT2D eigenvalue weighted by Crippen LogP contribution is 2.26. The van der Waals surface area contributed by atoms with Gasteiger partial charge in [0.1, 0.15) is 5.69 Å². The van der Waals surface area contributed by atoms with Gasteiger partial charge in [0.25, 0.3) is 11.5 Å². The van der Waals surface area contributed by atoms with E-state index in [9.17, 15) is 9.59 Å². The maximum atomic E-state index is 12.7. The van der Waals surface area contributed by atoms with Crippen molar-refractivity contribution in [3.8, 4) is 11.5 Å². The van der Waals surface area contributed by atoms with Gasteiger partial charge in [-0.1, -0.05) is 0 Å². The molecule has 1 aliphatic rings. The standard InChI is InChI=1S/C19H18N6O2/c26-17-9-15(23-18(24-17)16-11-21-6-7-22-16)14-4-2-8-25(12-14)19(27)13-3-1-5-20-10-13/h1,3,5-7,9-11,14H,2,4,8,12H2,(H,23,24,26). The van der Waals surface area contributed by atoms with Crippen molar-refractivity contribution in [3.05, 3.63) is 70.8 Å². The lowest BCUT2D eigenvalue weighted by atomic mass is 9.94. The lowest BCUT2D eigenvalue weighted by molar-refractivity contribution is 0.0705. The lowest BCUT2D eigenvalue weighted by Crippen LogP contribution is -2.39. The Morgan fingerprint density at radius 2 is 2.07 bits per heavy atom. The minimum atomic E-state index is -0.239. The van der Waals surface area contributed by atoms with Crippen molar-refractivity contribution in [2.24, 2.45) is 0 Å². The molecule has 0 saturated carbocycles. The molecule has 1 aliphatic heterocycles. The van der Waals surface area contributed by atoms with Crippen LogP contribution < -0.4 is 5.56 Å². The maximum absolute atomic E-state index is 12.7. The molecular formula is C19H18N6O2. The first-order valence-electron chi connectivity index (χ1n) is 8.77. The van der Waals surface area contributed by atoms with E-state index in [1.165, 1.54) is 6.07 Å². The maximum Gasteiger partial charge on any atom is 0.255 e. The van der Waals surface area contributed by atoms with Crippen LogP contribution in [0.5, 0.6) is 0 Å². The van der Waals surface area contributed by atoms with Gasteiger partial charge in [-0.25, -0.2) is 9.97 Å². The second-order valence-corrected chi connectivity index (χ2v) is 6.44. The number of carbonyl (C=O) groups is 1. The summed E-state index contributed by atoms with van der Waals surface area (Å²) in [6.45, 7) is 1.20. The number of nitrogens with one attached hydrogen (secondary N) is 1. The van der Waals surface area contributed by atoms with E-state index in [0.717, 1.165) is 12.8 Å². The Morgan fingerprint density at radius 1 is 1.19 bits per heavy atom. The van der Waals surface area contributed by atoms with Gasteiger partial charge in [0.2, 0.25) is 0 Å². The second-order valence-electron chi connectivity index (χ2n) is 6.44. The molecule has 1 N–H and O–H groups in total. The number of pyridine rings is 1. The predicted octanol–water partition coefficient (Wildman–Crippen LogP) is 1.64. The number of amides is 1. The molecule has 0 spiro atoms. The summed E-state index contributed by atoms with van der Waals surface area (Å²) in [6.07, 6.45) is 9.61. The van der Waals surface area contributed by atoms with Crippen molar-refractivity contribution >= 4 is 5.91 Å². The molecule has 1 fully saturated rings. The van der Waals surface area contributed by atoms with Crippen molar-refractivity contribution < 1.29 is 4.79 Å². The molecule has 1 unspecified atom stereocenters. The number of hydrogen-bond acceptors (Lipinski definition) is 6. The Hall–Kier alpha value is -3.42. The van der Waals surface area contributed by atoms with Gasteiger partial charge < -0.3 is 9.88 Å². The number of rotatable bonds is 3. The van der Waals surface area contributed by atoms with Crippen LogP contribution in [-0.2, 0) is 0 Å². The highest BCUT2D eigenvalue weighted by Gasteiger charge is 2.27. The zero-order chi connectivity index (χ0) is 18.6. The zero-order valence-electron chi connectivity index (χ0n) is 14.6. The van der Waals surface area contributed by atoms with E-state index < -0.39 is 0 Å². The zero-order valence-corrected chi connectivity index (χ0v) is 14.6. The Labute approximate surface area is 155 Å². The van der Waals surface area contributed by atoms with Crippen LogP contribution >= 0.6 is 0 Å². The first-order valence-corrected chi connectivity index (χ1v) is 8.77. The van der Waals surface area contributed by atoms with Crippen LogP contribution in [0.25, 0.3) is 11.5 Å². The topological polar surface area (TPSA) is 105 Å². The number of carbonyl (C=O) groups excluding carboxylic acids is 1. The normalized spacial score (nSPS) is 16.9. The molecule has 0 radical (unpaired) electrons. The summed E-state index contributed by atoms with van der Waals surface area (Å²) in [5.74, 6) is 0.338. The van der Waals surface area contributed by atoms with E-state index in [1.54, 1.807) is 48.0 Å². The van der Waals surface area contributed by atoms with Gasteiger partial charge in [-0.3, -0.25) is 19.6 Å². The molecule has 0 aliphatic carbocycles. The van der Waals surface area contributed by atoms with Crippen molar-refractivity contribution in [2.75, 3.05) is 13.1 Å². The summed E-state index contributed by atoms with van der Waals surface area (Å²) >= 11 is 0. The Bertz CT molecular complexity index is 990. The van der Waals surface area contributed by atoms with E-state index >= 15 is 0 Å². The Kier molecular flexibility index (Phi) is 4.69. The molecule has 1 atom stereocenters. The average molecular weight is 362 g/mol. The van der Waals surface area contributed by atoms with Gasteiger partial charge in [0.05, 0.1) is 17.5 Å². The van der Waals surface area contributed by atoms with Crippen LogP contribution in [0.2, 0.25) is 0 Å². The molecule has 4 rings (SSSR count). The molecule has 1 amide bonds. The fourth-order valence-corrected chi connectivity index (χ4v) is 3.30. The smallest absolute Gasteiger partial charge is 0.255 e. The Morgan fingerprint density at radius 3 is 2.85 bits per heavy atom. The van der Waals surface area contributed by atoms with Crippen molar-refractivity contribution in [2.45, 2.75) is 18.8 Å². The number of nitrogens with zero attached hydrogens (tertiary/aromatic N) is 5. The van der Waals surface area contributed by atoms with Gasteiger partial charge in [-0.05, 0) is 25.0 Å². The Balaban J connectivity index is 1.59. The van der Waals surface area contributed by atoms with Crippen LogP contribution in [0.15, 0.2) is 54.0 Å². The molecule has 8 nitrogen and oxygen atoms in total. The highest BCUT2D eigenvalue weighted by molar-refractivity contribution is 5.94. The van der Waals surface area contributed by atoms with Gasteiger partial charge in [-0.2, -0.15) is 0 Å². The van der Waals surface area contributed by atoms with Crippen LogP contribution in [0.1, 0.15) is 34.8 Å². The van der Waals surface area contributed by atoms with Crippen molar-refractivity contribution in [1.29, 1.82) is 0 Å². The monoisotopic (exact) mass is 362 g/mol. The molecular weight excluding hydrogens is 344 g/mol. The molecule has 0 bridgehead atoms. The number of piperidine rings is 1. The summed E-state index contributed by atoms with van der Waals surface area (Å²) in [6, 6.07) is 5.01. The number of likely N-dealkylation sites (tertiary alicyclic amines) is 1. The number of H-pyrrole nitrogens is 1. The summed E-state index contributed by atoms with van der Waals surface area (Å²) in [7, 11) is 0. The van der Waals surface area contributed by atoms with E-state index in [1.807, 2.05) is 0 Å². The van der Waals surface area contributed by atoms with E-state index in [-0.39, 0.29) is 17.4 Å². The third kappa shape index (κ3) is 3.74. The summed E-state index contributed by atoms with van der Waals surface area (Å²) in [5, 5.41) is 0. The summed E-state index contributed by atoms with van der Waals surface area (Å²) in [4.78, 5) is 46.2. The molecule has 4 heterocycles. The van der Waals surface area contributed by atoms with Crippen LogP contribution in [0, 0.1) is 0 Å². The van der Waals surface area contributed by atoms with Gasteiger partial charge in [-0.15, -0.1) is 0 Å². The van der Waals surface area contributed by atoms with Gasteiger partial charge in [0.15, 0.2) is 5.82 Å². The SMILES string of the molecule is O=C(c1cccnc1)N1CCCC(c2cc(=O)[nH]c(-c3cnccn3)n2)C1. The van der Waals surface area contributed by atoms with Crippen molar-refractivity contribution in [1.82, 2.24) is 29.8 Å². The van der Waals surface area contributed by atoms with E-state index in [2.05, 4.69) is 24.9 Å². The van der Waals surface area contributed by atoms with Crippen LogP contribution in [-0.4, -0.2) is 48.8 Å². The average Bonchev–Trinajstić information content (AvgIpc) is 2.74. The largest absolute Gasteiger partial charge is 0.338 e. The molecule has 27 heavy (non-hydrogen) atoms. The van der Waals surface area contributed by atoms with Gasteiger partial charge in [0, 0.05) is 49.9 Å². The quantitative estimate of drug-likeness (QED) is 0.759. The highest BCUT2D eigenvalue weighted by atomic mass is 16.2. The second kappa shape index (κ2) is 7.45. The van der Waals surface area contributed by atoms with E-state index in [4.69, 9.17) is 0 Å². The molecule has 0 aromatic carbocycles. The molecule has 1 saturated heterocycles.